The molecule has 0 atom stereocenters. The van der Waals surface area contributed by atoms with Crippen molar-refractivity contribution in [2.45, 2.75) is 6.92 Å². The minimum absolute atomic E-state index is 0.0116. The third-order valence-corrected chi connectivity index (χ3v) is 2.73. The highest BCUT2D eigenvalue weighted by Gasteiger charge is 2.13. The molecule has 0 spiro atoms. The van der Waals surface area contributed by atoms with Crippen LogP contribution < -0.4 is 5.43 Å². The van der Waals surface area contributed by atoms with Crippen molar-refractivity contribution in [3.8, 4) is 0 Å². The van der Waals surface area contributed by atoms with Crippen molar-refractivity contribution in [1.82, 2.24) is 9.78 Å². The Labute approximate surface area is 91.1 Å². The van der Waals surface area contributed by atoms with Crippen LogP contribution in [0.25, 0.3) is 22.1 Å². The molecule has 80 valence electrons. The summed E-state index contributed by atoms with van der Waals surface area (Å²) in [5, 5.41) is 5.37. The summed E-state index contributed by atoms with van der Waals surface area (Å²) in [4.78, 5) is 12.2. The summed E-state index contributed by atoms with van der Waals surface area (Å²) < 4.78 is 7.27. The van der Waals surface area contributed by atoms with E-state index in [0.29, 0.717) is 27.8 Å². The maximum absolute atomic E-state index is 12.2. The van der Waals surface area contributed by atoms with Gasteiger partial charge in [0.1, 0.15) is 11.0 Å². The third-order valence-electron chi connectivity index (χ3n) is 2.73. The van der Waals surface area contributed by atoms with Crippen LogP contribution in [0.2, 0.25) is 0 Å². The molecule has 0 aliphatic rings. The van der Waals surface area contributed by atoms with Crippen molar-refractivity contribution in [3.63, 3.8) is 0 Å². The lowest BCUT2D eigenvalue weighted by Gasteiger charge is -1.97. The van der Waals surface area contributed by atoms with Crippen molar-refractivity contribution in [1.29, 1.82) is 0 Å². The Morgan fingerprint density at radius 3 is 2.88 bits per heavy atom. The van der Waals surface area contributed by atoms with Crippen LogP contribution in [0, 0.1) is 6.92 Å². The highest BCUT2D eigenvalue weighted by molar-refractivity contribution is 5.89. The summed E-state index contributed by atoms with van der Waals surface area (Å²) in [7, 11) is 1.77. The van der Waals surface area contributed by atoms with Crippen LogP contribution >= 0.6 is 0 Å². The van der Waals surface area contributed by atoms with E-state index in [-0.39, 0.29) is 5.43 Å². The van der Waals surface area contributed by atoms with Gasteiger partial charge in [0.2, 0.25) is 11.1 Å². The van der Waals surface area contributed by atoms with Crippen LogP contribution in [-0.4, -0.2) is 9.78 Å². The molecule has 0 aliphatic heterocycles. The summed E-state index contributed by atoms with van der Waals surface area (Å²) in [6.45, 7) is 1.81. The maximum atomic E-state index is 12.2. The molecule has 3 aromatic rings. The van der Waals surface area contributed by atoms with Gasteiger partial charge in [-0.25, -0.2) is 4.68 Å². The van der Waals surface area contributed by atoms with Crippen LogP contribution in [-0.2, 0) is 7.05 Å². The zero-order valence-corrected chi connectivity index (χ0v) is 9.02. The summed E-state index contributed by atoms with van der Waals surface area (Å²) in [5.41, 5.74) is 1.82. The van der Waals surface area contributed by atoms with E-state index in [9.17, 15) is 4.79 Å². The second-order valence-electron chi connectivity index (χ2n) is 3.82. The molecule has 4 heteroatoms. The summed E-state index contributed by atoms with van der Waals surface area (Å²) in [6, 6.07) is 7.24. The number of aromatic nitrogens is 2. The lowest BCUT2D eigenvalue weighted by atomic mass is 10.2. The number of hydrogen-bond acceptors (Lipinski definition) is 3. The first-order valence-corrected chi connectivity index (χ1v) is 5.03. The molecule has 2 aromatic heterocycles. The van der Waals surface area contributed by atoms with Crippen LogP contribution in [0.15, 0.2) is 33.5 Å². The first-order valence-electron chi connectivity index (χ1n) is 5.03. The van der Waals surface area contributed by atoms with Gasteiger partial charge in [0.15, 0.2) is 0 Å². The highest BCUT2D eigenvalue weighted by Crippen LogP contribution is 2.19. The minimum atomic E-state index is -0.0116. The van der Waals surface area contributed by atoms with Crippen molar-refractivity contribution >= 4 is 22.1 Å². The van der Waals surface area contributed by atoms with E-state index in [2.05, 4.69) is 5.10 Å². The van der Waals surface area contributed by atoms with Gasteiger partial charge in [0, 0.05) is 7.05 Å². The lowest BCUT2D eigenvalue weighted by Crippen LogP contribution is -2.02. The second kappa shape index (κ2) is 2.95. The molecule has 0 radical (unpaired) electrons. The standard InChI is InChI=1S/C12H10N2O2/c1-7-10-11(15)8-5-3-4-6-9(8)16-12(10)14(2)13-7/h3-6H,1-2H3. The fraction of sp³-hybridized carbons (Fsp3) is 0.167. The van der Waals surface area contributed by atoms with Crippen molar-refractivity contribution in [2.24, 2.45) is 7.05 Å². The normalized spacial score (nSPS) is 11.4. The molecule has 0 bridgehead atoms. The topological polar surface area (TPSA) is 48.0 Å². The molecule has 2 heterocycles. The van der Waals surface area contributed by atoms with Gasteiger partial charge in [-0.05, 0) is 19.1 Å². The second-order valence-corrected chi connectivity index (χ2v) is 3.82. The van der Waals surface area contributed by atoms with Gasteiger partial charge in [-0.1, -0.05) is 12.1 Å². The van der Waals surface area contributed by atoms with Crippen LogP contribution in [0.5, 0.6) is 0 Å². The predicted molar refractivity (Wildman–Crippen MR) is 61.5 cm³/mol. The lowest BCUT2D eigenvalue weighted by molar-refractivity contribution is 0.599. The van der Waals surface area contributed by atoms with E-state index >= 15 is 0 Å². The largest absolute Gasteiger partial charge is 0.438 e. The highest BCUT2D eigenvalue weighted by atomic mass is 16.3. The monoisotopic (exact) mass is 214 g/mol. The van der Waals surface area contributed by atoms with E-state index < -0.39 is 0 Å². The minimum Gasteiger partial charge on any atom is -0.438 e. The molecule has 1 aromatic carbocycles. The number of benzene rings is 1. The third kappa shape index (κ3) is 1.04. The van der Waals surface area contributed by atoms with E-state index in [0.717, 1.165) is 0 Å². The molecule has 4 nitrogen and oxygen atoms in total. The molecule has 0 amide bonds. The van der Waals surface area contributed by atoms with Gasteiger partial charge in [-0.15, -0.1) is 0 Å². The number of nitrogens with zero attached hydrogens (tertiary/aromatic N) is 2. The molecule has 3 rings (SSSR count). The molecule has 0 N–H and O–H groups in total. The van der Waals surface area contributed by atoms with Crippen molar-refractivity contribution < 1.29 is 4.42 Å². The number of rotatable bonds is 0. The zero-order valence-electron chi connectivity index (χ0n) is 9.02. The molecular formula is C12H10N2O2. The Hall–Kier alpha value is -2.10. The average Bonchev–Trinajstić information content (AvgIpc) is 2.55. The molecule has 0 aliphatic carbocycles. The Kier molecular flexibility index (Phi) is 1.68. The molecular weight excluding hydrogens is 204 g/mol. The number of fused-ring (bicyclic) bond motifs is 2. The Morgan fingerprint density at radius 2 is 2.06 bits per heavy atom. The van der Waals surface area contributed by atoms with Crippen molar-refractivity contribution in [3.05, 3.63) is 40.2 Å². The molecule has 0 saturated carbocycles. The Morgan fingerprint density at radius 1 is 1.31 bits per heavy atom. The maximum Gasteiger partial charge on any atom is 0.229 e. The molecule has 0 fully saturated rings. The number of aryl methyl sites for hydroxylation is 2. The van der Waals surface area contributed by atoms with Crippen LogP contribution in [0.4, 0.5) is 0 Å². The SMILES string of the molecule is Cc1nn(C)c2oc3ccccc3c(=O)c12. The number of hydrogen-bond donors (Lipinski definition) is 0. The molecule has 16 heavy (non-hydrogen) atoms. The van der Waals surface area contributed by atoms with Gasteiger partial charge >= 0.3 is 0 Å². The van der Waals surface area contributed by atoms with Crippen LogP contribution in [0.3, 0.4) is 0 Å². The van der Waals surface area contributed by atoms with Gasteiger partial charge in [0.05, 0.1) is 11.1 Å². The number of para-hydroxylation sites is 1. The fourth-order valence-electron chi connectivity index (χ4n) is 2.00. The van der Waals surface area contributed by atoms with E-state index in [1.54, 1.807) is 23.9 Å². The smallest absolute Gasteiger partial charge is 0.229 e. The Balaban J connectivity index is 2.69. The van der Waals surface area contributed by atoms with Gasteiger partial charge in [-0.3, -0.25) is 4.79 Å². The zero-order chi connectivity index (χ0) is 11.3. The summed E-state index contributed by atoms with van der Waals surface area (Å²) >= 11 is 0. The van der Waals surface area contributed by atoms with Gasteiger partial charge < -0.3 is 4.42 Å². The van der Waals surface area contributed by atoms with E-state index in [1.165, 1.54) is 0 Å². The first-order chi connectivity index (χ1) is 7.68. The summed E-state index contributed by atoms with van der Waals surface area (Å²) in [6.07, 6.45) is 0. The fourth-order valence-corrected chi connectivity index (χ4v) is 2.00. The van der Waals surface area contributed by atoms with E-state index in [4.69, 9.17) is 4.42 Å². The molecule has 0 unspecified atom stereocenters. The predicted octanol–water partition coefficient (Wildman–Crippen LogP) is 1.99. The van der Waals surface area contributed by atoms with Gasteiger partial charge in [0.25, 0.3) is 0 Å². The molecule has 0 saturated heterocycles. The average molecular weight is 214 g/mol. The quantitative estimate of drug-likeness (QED) is 0.575. The van der Waals surface area contributed by atoms with Gasteiger partial charge in [-0.2, -0.15) is 5.10 Å². The first kappa shape index (κ1) is 9.15. The van der Waals surface area contributed by atoms with Crippen molar-refractivity contribution in [2.75, 3.05) is 0 Å². The van der Waals surface area contributed by atoms with Crippen LogP contribution in [0.1, 0.15) is 5.69 Å². The summed E-state index contributed by atoms with van der Waals surface area (Å²) in [5.74, 6) is 0. The Bertz CT molecular complexity index is 753. The van der Waals surface area contributed by atoms with E-state index in [1.807, 2.05) is 19.1 Å².